The molecule has 1 fully saturated rings. The zero-order chi connectivity index (χ0) is 20.5. The molecule has 1 aliphatic carbocycles. The third-order valence-corrected chi connectivity index (χ3v) is 6.99. The van der Waals surface area contributed by atoms with E-state index >= 15 is 0 Å². The minimum absolute atomic E-state index is 0.00184. The summed E-state index contributed by atoms with van der Waals surface area (Å²) in [4.78, 5) is 5.54. The summed E-state index contributed by atoms with van der Waals surface area (Å²) in [5.41, 5.74) is 2.84. The van der Waals surface area contributed by atoms with E-state index in [9.17, 15) is 9.50 Å². The number of aromatic nitrogens is 1. The molecule has 4 rings (SSSR count). The van der Waals surface area contributed by atoms with Gasteiger partial charge >= 0.3 is 0 Å². The van der Waals surface area contributed by atoms with Gasteiger partial charge in [-0.2, -0.15) is 0 Å². The number of aliphatic hydroxyl groups is 1. The Morgan fingerprint density at radius 2 is 1.76 bits per heavy atom. The fourth-order valence-corrected chi connectivity index (χ4v) is 5.09. The van der Waals surface area contributed by atoms with Gasteiger partial charge < -0.3 is 10.1 Å². The number of H-pyrrole nitrogens is 1. The van der Waals surface area contributed by atoms with E-state index in [-0.39, 0.29) is 11.4 Å². The van der Waals surface area contributed by atoms with E-state index in [2.05, 4.69) is 54.3 Å². The maximum absolute atomic E-state index is 13.6. The number of nitrogens with zero attached hydrogens (tertiary/aromatic N) is 1. The van der Waals surface area contributed by atoms with Crippen molar-refractivity contribution in [3.8, 4) is 0 Å². The second-order valence-electron chi connectivity index (χ2n) is 8.87. The van der Waals surface area contributed by atoms with Crippen LogP contribution in [0.1, 0.15) is 49.7 Å². The maximum Gasteiger partial charge on any atom is 0.123 e. The third kappa shape index (κ3) is 3.96. The molecule has 0 saturated heterocycles. The Hall–Kier alpha value is -2.17. The number of hydrogen-bond donors (Lipinski definition) is 2. The lowest BCUT2D eigenvalue weighted by molar-refractivity contribution is -0.0524. The lowest BCUT2D eigenvalue weighted by atomic mass is 9.68. The van der Waals surface area contributed by atoms with Crippen molar-refractivity contribution in [3.63, 3.8) is 0 Å². The molecule has 4 heteroatoms. The molecule has 1 saturated carbocycles. The number of fused-ring (bicyclic) bond motifs is 1. The Bertz CT molecular complexity index is 955. The van der Waals surface area contributed by atoms with Gasteiger partial charge in [0.15, 0.2) is 0 Å². The van der Waals surface area contributed by atoms with E-state index in [1.54, 1.807) is 12.1 Å². The Kier molecular flexibility index (Phi) is 5.50. The highest BCUT2D eigenvalue weighted by molar-refractivity contribution is 5.83. The Labute approximate surface area is 172 Å². The number of rotatable bonds is 6. The number of hydrogen-bond acceptors (Lipinski definition) is 2. The molecule has 29 heavy (non-hydrogen) atoms. The average Bonchev–Trinajstić information content (AvgIpc) is 3.11. The average molecular weight is 395 g/mol. The number of halogens is 1. The van der Waals surface area contributed by atoms with Gasteiger partial charge in [0.1, 0.15) is 5.82 Å². The molecule has 0 unspecified atom stereocenters. The van der Waals surface area contributed by atoms with Gasteiger partial charge in [-0.1, -0.05) is 30.3 Å². The molecule has 0 aliphatic heterocycles. The van der Waals surface area contributed by atoms with Gasteiger partial charge in [0.05, 0.1) is 5.60 Å². The Morgan fingerprint density at radius 3 is 2.45 bits per heavy atom. The predicted octanol–water partition coefficient (Wildman–Crippen LogP) is 5.39. The Morgan fingerprint density at radius 1 is 1.03 bits per heavy atom. The van der Waals surface area contributed by atoms with Crippen LogP contribution in [0.25, 0.3) is 10.9 Å². The molecule has 0 spiro atoms. The molecule has 2 aromatic carbocycles. The summed E-state index contributed by atoms with van der Waals surface area (Å²) in [5.74, 6) is -0.204. The maximum atomic E-state index is 13.6. The molecule has 0 amide bonds. The number of nitrogens with one attached hydrogen (secondary N) is 1. The second-order valence-corrected chi connectivity index (χ2v) is 8.87. The van der Waals surface area contributed by atoms with E-state index in [1.807, 2.05) is 6.20 Å². The predicted molar refractivity (Wildman–Crippen MR) is 116 cm³/mol. The van der Waals surface area contributed by atoms with Crippen molar-refractivity contribution in [1.29, 1.82) is 0 Å². The quantitative estimate of drug-likeness (QED) is 0.588. The fraction of sp³-hybridized carbons (Fsp3) is 0.440. The molecule has 3 aromatic rings. The molecule has 2 N–H and O–H groups in total. The molecule has 0 atom stereocenters. The highest BCUT2D eigenvalue weighted by atomic mass is 19.1. The third-order valence-electron chi connectivity index (χ3n) is 6.99. The summed E-state index contributed by atoms with van der Waals surface area (Å²) in [7, 11) is 4.29. The summed E-state index contributed by atoms with van der Waals surface area (Å²) < 4.78 is 13.6. The molecule has 1 heterocycles. The minimum Gasteiger partial charge on any atom is -0.390 e. The lowest BCUT2D eigenvalue weighted by Gasteiger charge is -2.48. The first-order valence-corrected chi connectivity index (χ1v) is 10.6. The number of aryl methyl sites for hydroxylation is 1. The molecule has 3 nitrogen and oxygen atoms in total. The smallest absolute Gasteiger partial charge is 0.123 e. The van der Waals surface area contributed by atoms with Crippen molar-refractivity contribution < 1.29 is 9.50 Å². The number of benzene rings is 2. The molecule has 0 bridgehead atoms. The monoisotopic (exact) mass is 394 g/mol. The van der Waals surface area contributed by atoms with Crippen molar-refractivity contribution in [2.75, 3.05) is 14.1 Å². The van der Waals surface area contributed by atoms with Gasteiger partial charge in [0.2, 0.25) is 0 Å². The highest BCUT2D eigenvalue weighted by Gasteiger charge is 2.43. The van der Waals surface area contributed by atoms with Crippen LogP contribution >= 0.6 is 0 Å². The van der Waals surface area contributed by atoms with Crippen LogP contribution in [0.4, 0.5) is 4.39 Å². The van der Waals surface area contributed by atoms with Crippen molar-refractivity contribution in [2.24, 2.45) is 0 Å². The largest absolute Gasteiger partial charge is 0.390 e. The Balaban J connectivity index is 1.40. The van der Waals surface area contributed by atoms with E-state index in [4.69, 9.17) is 0 Å². The van der Waals surface area contributed by atoms with Crippen LogP contribution in [-0.4, -0.2) is 34.7 Å². The van der Waals surface area contributed by atoms with Crippen LogP contribution in [0.15, 0.2) is 54.7 Å². The summed E-state index contributed by atoms with van der Waals surface area (Å²) in [6.07, 6.45) is 8.04. The molecule has 1 aromatic heterocycles. The zero-order valence-corrected chi connectivity index (χ0v) is 17.4. The summed E-state index contributed by atoms with van der Waals surface area (Å²) in [5, 5.41) is 12.2. The highest BCUT2D eigenvalue weighted by Crippen LogP contribution is 2.46. The van der Waals surface area contributed by atoms with Crippen LogP contribution in [0.5, 0.6) is 0 Å². The molecular weight excluding hydrogens is 363 g/mol. The van der Waals surface area contributed by atoms with Crippen LogP contribution in [0.2, 0.25) is 0 Å². The van der Waals surface area contributed by atoms with Crippen molar-refractivity contribution >= 4 is 10.9 Å². The zero-order valence-electron chi connectivity index (χ0n) is 17.4. The van der Waals surface area contributed by atoms with E-state index in [0.29, 0.717) is 0 Å². The SMILES string of the molecule is CN(C)C1(c2ccccc2)CCC(O)(CCCc2c[nH]c3ccc(F)cc23)CC1. The van der Waals surface area contributed by atoms with Crippen molar-refractivity contribution in [2.45, 2.75) is 56.1 Å². The topological polar surface area (TPSA) is 39.3 Å². The van der Waals surface area contributed by atoms with Crippen LogP contribution in [0.3, 0.4) is 0 Å². The standard InChI is InChI=1S/C25H31FN2O/c1-28(2)25(20-8-4-3-5-9-20)15-13-24(29,14-16-25)12-6-7-19-18-27-23-11-10-21(26)17-22(19)23/h3-5,8-11,17-18,27,29H,6-7,12-16H2,1-2H3. The number of aromatic amines is 1. The first-order valence-electron chi connectivity index (χ1n) is 10.6. The minimum atomic E-state index is -0.606. The van der Waals surface area contributed by atoms with Gasteiger partial charge in [0.25, 0.3) is 0 Å². The van der Waals surface area contributed by atoms with Gasteiger partial charge in [-0.15, -0.1) is 0 Å². The van der Waals surface area contributed by atoms with Gasteiger partial charge in [-0.3, -0.25) is 4.90 Å². The molecular formula is C25H31FN2O. The fourth-order valence-electron chi connectivity index (χ4n) is 5.09. The van der Waals surface area contributed by atoms with Crippen molar-refractivity contribution in [1.82, 2.24) is 9.88 Å². The van der Waals surface area contributed by atoms with Gasteiger partial charge in [-0.05, 0) is 88.4 Å². The van der Waals surface area contributed by atoms with Crippen LogP contribution < -0.4 is 0 Å². The second kappa shape index (κ2) is 7.92. The first kappa shape index (κ1) is 20.1. The van der Waals surface area contributed by atoms with E-state index in [1.165, 1.54) is 11.6 Å². The molecule has 1 aliphatic rings. The summed E-state index contributed by atoms with van der Waals surface area (Å²) >= 11 is 0. The lowest BCUT2D eigenvalue weighted by Crippen LogP contribution is -2.49. The summed E-state index contributed by atoms with van der Waals surface area (Å²) in [6, 6.07) is 15.5. The van der Waals surface area contributed by atoms with Crippen molar-refractivity contribution in [3.05, 3.63) is 71.7 Å². The first-order chi connectivity index (χ1) is 13.9. The molecule has 0 radical (unpaired) electrons. The normalized spacial score (nSPS) is 25.0. The van der Waals surface area contributed by atoms with E-state index in [0.717, 1.165) is 61.4 Å². The van der Waals surface area contributed by atoms with Gasteiger partial charge in [-0.25, -0.2) is 4.39 Å². The van der Waals surface area contributed by atoms with Crippen LogP contribution in [-0.2, 0) is 12.0 Å². The molecule has 154 valence electrons. The summed E-state index contributed by atoms with van der Waals surface area (Å²) in [6.45, 7) is 0. The van der Waals surface area contributed by atoms with Gasteiger partial charge in [0, 0.05) is 22.6 Å². The van der Waals surface area contributed by atoms with Crippen LogP contribution in [0, 0.1) is 5.82 Å². The van der Waals surface area contributed by atoms with E-state index < -0.39 is 5.60 Å².